The molecule has 0 bridgehead atoms. The summed E-state index contributed by atoms with van der Waals surface area (Å²) in [6.45, 7) is 9.97. The van der Waals surface area contributed by atoms with Crippen LogP contribution in [0.2, 0.25) is 0 Å². The van der Waals surface area contributed by atoms with E-state index < -0.39 is 0 Å². The topological polar surface area (TPSA) is 30.7 Å². The molecule has 84 valence electrons. The zero-order valence-electron chi connectivity index (χ0n) is 10.6. The Hall–Kier alpha value is -1.38. The molecule has 0 radical (unpaired) electrons. The quantitative estimate of drug-likeness (QED) is 0.663. The first-order chi connectivity index (χ1) is 7.29. The number of nitrogens with zero attached hydrogens (tertiary/aromatic N) is 3. The summed E-state index contributed by atoms with van der Waals surface area (Å²) >= 11 is 0. The van der Waals surface area contributed by atoms with E-state index in [1.54, 1.807) is 6.20 Å². The zero-order chi connectivity index (χ0) is 11.8. The van der Waals surface area contributed by atoms with Crippen molar-refractivity contribution in [2.45, 2.75) is 34.6 Å². The molecule has 0 amide bonds. The lowest BCUT2D eigenvalue weighted by atomic mass is 10.4. The van der Waals surface area contributed by atoms with Gasteiger partial charge in [0.05, 0.1) is 0 Å². The van der Waals surface area contributed by atoms with Gasteiger partial charge >= 0.3 is 0 Å². The number of aryl methyl sites for hydroxylation is 2. The number of hydrogen-bond acceptors (Lipinski definition) is 2. The van der Waals surface area contributed by atoms with Crippen molar-refractivity contribution >= 4 is 11.2 Å². The molecule has 0 aromatic carbocycles. The summed E-state index contributed by atoms with van der Waals surface area (Å²) in [4.78, 5) is 8.52. The molecule has 15 heavy (non-hydrogen) atoms. The highest BCUT2D eigenvalue weighted by Crippen LogP contribution is 2.09. The van der Waals surface area contributed by atoms with Gasteiger partial charge in [-0.3, -0.25) is 0 Å². The minimum atomic E-state index is 0.949. The van der Waals surface area contributed by atoms with Crippen molar-refractivity contribution in [3.8, 4) is 0 Å². The molecule has 0 atom stereocenters. The van der Waals surface area contributed by atoms with Crippen LogP contribution in [-0.4, -0.2) is 14.5 Å². The molecule has 0 aliphatic rings. The second-order valence-corrected chi connectivity index (χ2v) is 2.56. The van der Waals surface area contributed by atoms with Crippen LogP contribution < -0.4 is 0 Å². The molecule has 3 nitrogen and oxygen atoms in total. The van der Waals surface area contributed by atoms with Crippen LogP contribution >= 0.6 is 0 Å². The summed E-state index contributed by atoms with van der Waals surface area (Å²) in [7, 11) is 1.97. The first kappa shape index (κ1) is 13.6. The molecule has 0 N–H and O–H groups in total. The molecule has 0 spiro atoms. The van der Waals surface area contributed by atoms with Crippen molar-refractivity contribution < 1.29 is 0 Å². The van der Waals surface area contributed by atoms with Crippen LogP contribution in [0.1, 0.15) is 33.5 Å². The molecular weight excluding hydrogens is 186 g/mol. The first-order valence-electron chi connectivity index (χ1n) is 5.53. The van der Waals surface area contributed by atoms with Gasteiger partial charge in [-0.25, -0.2) is 9.97 Å². The molecule has 0 fully saturated rings. The maximum Gasteiger partial charge on any atom is 0.159 e. The van der Waals surface area contributed by atoms with Crippen LogP contribution in [0, 0.1) is 6.92 Å². The van der Waals surface area contributed by atoms with Gasteiger partial charge in [0, 0.05) is 13.2 Å². The molecule has 2 aromatic heterocycles. The van der Waals surface area contributed by atoms with Crippen LogP contribution in [0.15, 0.2) is 18.3 Å². The number of fused-ring (bicyclic) bond motifs is 1. The van der Waals surface area contributed by atoms with Gasteiger partial charge in [-0.1, -0.05) is 27.7 Å². The number of rotatable bonds is 0. The number of imidazole rings is 1. The number of pyridine rings is 1. The average molecular weight is 207 g/mol. The second-order valence-electron chi connectivity index (χ2n) is 2.56. The van der Waals surface area contributed by atoms with Gasteiger partial charge in [-0.15, -0.1) is 0 Å². The Morgan fingerprint density at radius 1 is 1.13 bits per heavy atom. The van der Waals surface area contributed by atoms with Crippen LogP contribution in [0.5, 0.6) is 0 Å². The third-order valence-corrected chi connectivity index (χ3v) is 1.85. The van der Waals surface area contributed by atoms with Crippen molar-refractivity contribution in [2.75, 3.05) is 0 Å². The van der Waals surface area contributed by atoms with Gasteiger partial charge in [-0.2, -0.15) is 0 Å². The normalized spacial score (nSPS) is 8.67. The minimum absolute atomic E-state index is 0.949. The lowest BCUT2D eigenvalue weighted by Crippen LogP contribution is -1.91. The summed E-state index contributed by atoms with van der Waals surface area (Å²) in [6.07, 6.45) is 1.78. The predicted molar refractivity (Wildman–Crippen MR) is 65.9 cm³/mol. The summed E-state index contributed by atoms with van der Waals surface area (Å²) in [5.41, 5.74) is 1.91. The molecular formula is C12H21N3. The third kappa shape index (κ3) is 3.05. The average Bonchev–Trinajstić information content (AvgIpc) is 2.61. The lowest BCUT2D eigenvalue weighted by Gasteiger charge is -1.92. The maximum atomic E-state index is 4.31. The standard InChI is InChI=1S/C8H9N3.2C2H6/c1-6-10-7-4-3-5-9-8(7)11(6)2;2*1-2/h3-5H,1-2H3;2*1-2H3. The van der Waals surface area contributed by atoms with E-state index in [1.165, 1.54) is 0 Å². The fourth-order valence-corrected chi connectivity index (χ4v) is 1.14. The Morgan fingerprint density at radius 2 is 1.73 bits per heavy atom. The molecule has 0 aliphatic carbocycles. The highest BCUT2D eigenvalue weighted by molar-refractivity contribution is 5.70. The highest BCUT2D eigenvalue weighted by atomic mass is 15.1. The van der Waals surface area contributed by atoms with Gasteiger partial charge in [0.15, 0.2) is 5.65 Å². The highest BCUT2D eigenvalue weighted by Gasteiger charge is 2.01. The van der Waals surface area contributed by atoms with Gasteiger partial charge in [0.2, 0.25) is 0 Å². The van der Waals surface area contributed by atoms with Crippen molar-refractivity contribution in [1.29, 1.82) is 0 Å². The van der Waals surface area contributed by atoms with E-state index in [2.05, 4.69) is 9.97 Å². The summed E-state index contributed by atoms with van der Waals surface area (Å²) in [5.74, 6) is 0.999. The van der Waals surface area contributed by atoms with Crippen molar-refractivity contribution in [2.24, 2.45) is 7.05 Å². The van der Waals surface area contributed by atoms with Gasteiger partial charge in [0.25, 0.3) is 0 Å². The fraction of sp³-hybridized carbons (Fsp3) is 0.500. The molecule has 0 saturated heterocycles. The first-order valence-corrected chi connectivity index (χ1v) is 5.53. The molecule has 0 unspecified atom stereocenters. The minimum Gasteiger partial charge on any atom is -0.316 e. The largest absolute Gasteiger partial charge is 0.316 e. The Bertz CT molecular complexity index is 391. The van der Waals surface area contributed by atoms with Crippen LogP contribution in [-0.2, 0) is 7.05 Å². The smallest absolute Gasteiger partial charge is 0.159 e. The third-order valence-electron chi connectivity index (χ3n) is 1.85. The second kappa shape index (κ2) is 6.98. The lowest BCUT2D eigenvalue weighted by molar-refractivity contribution is 0.874. The molecule has 0 saturated carbocycles. The maximum absolute atomic E-state index is 4.31. The van der Waals surface area contributed by atoms with E-state index in [1.807, 2.05) is 58.4 Å². The Balaban J connectivity index is 0.000000442. The Kier molecular flexibility index (Phi) is 6.34. The monoisotopic (exact) mass is 207 g/mol. The van der Waals surface area contributed by atoms with E-state index in [-0.39, 0.29) is 0 Å². The van der Waals surface area contributed by atoms with E-state index >= 15 is 0 Å². The van der Waals surface area contributed by atoms with E-state index in [9.17, 15) is 0 Å². The SMILES string of the molecule is CC.CC.Cc1nc2cccnc2n1C. The predicted octanol–water partition coefficient (Wildman–Crippen LogP) is 3.33. The molecule has 2 heterocycles. The molecule has 0 aliphatic heterocycles. The summed E-state index contributed by atoms with van der Waals surface area (Å²) in [6, 6.07) is 3.87. The van der Waals surface area contributed by atoms with E-state index in [4.69, 9.17) is 0 Å². The molecule has 2 rings (SSSR count). The van der Waals surface area contributed by atoms with Crippen molar-refractivity contribution in [3.05, 3.63) is 24.2 Å². The summed E-state index contributed by atoms with van der Waals surface area (Å²) < 4.78 is 1.98. The van der Waals surface area contributed by atoms with Crippen LogP contribution in [0.25, 0.3) is 11.2 Å². The van der Waals surface area contributed by atoms with Gasteiger partial charge in [-0.05, 0) is 19.1 Å². The number of hydrogen-bond donors (Lipinski definition) is 0. The van der Waals surface area contributed by atoms with E-state index in [0.717, 1.165) is 17.0 Å². The van der Waals surface area contributed by atoms with Crippen molar-refractivity contribution in [1.82, 2.24) is 14.5 Å². The summed E-state index contributed by atoms with van der Waals surface area (Å²) in [5, 5.41) is 0. The van der Waals surface area contributed by atoms with Gasteiger partial charge < -0.3 is 4.57 Å². The van der Waals surface area contributed by atoms with Crippen molar-refractivity contribution in [3.63, 3.8) is 0 Å². The Labute approximate surface area is 92.2 Å². The van der Waals surface area contributed by atoms with Crippen LogP contribution in [0.3, 0.4) is 0 Å². The number of aromatic nitrogens is 3. The van der Waals surface area contributed by atoms with Gasteiger partial charge in [0.1, 0.15) is 11.3 Å². The van der Waals surface area contributed by atoms with E-state index in [0.29, 0.717) is 0 Å². The van der Waals surface area contributed by atoms with Crippen LogP contribution in [0.4, 0.5) is 0 Å². The molecule has 3 heteroatoms. The zero-order valence-corrected chi connectivity index (χ0v) is 10.6. The Morgan fingerprint density at radius 3 is 2.27 bits per heavy atom. The molecule has 2 aromatic rings. The fourth-order valence-electron chi connectivity index (χ4n) is 1.14.